The van der Waals surface area contributed by atoms with Crippen LogP contribution < -0.4 is 5.32 Å². The van der Waals surface area contributed by atoms with Crippen molar-refractivity contribution in [3.8, 4) is 0 Å². The van der Waals surface area contributed by atoms with Crippen molar-refractivity contribution in [1.82, 2.24) is 5.32 Å². The highest BCUT2D eigenvalue weighted by Crippen LogP contribution is 2.19. The molecule has 0 fully saturated rings. The largest absolute Gasteiger partial charge is 0.479 e. The van der Waals surface area contributed by atoms with E-state index in [-0.39, 0.29) is 0 Å². The Morgan fingerprint density at radius 2 is 2.25 bits per heavy atom. The zero-order chi connectivity index (χ0) is 12.1. The Labute approximate surface area is 97.0 Å². The lowest BCUT2D eigenvalue weighted by Gasteiger charge is -2.15. The van der Waals surface area contributed by atoms with Crippen molar-refractivity contribution >= 4 is 23.2 Å². The third-order valence-corrected chi connectivity index (χ3v) is 3.02. The molecule has 1 rings (SSSR count). The molecule has 0 aliphatic rings. The van der Waals surface area contributed by atoms with Gasteiger partial charge < -0.3 is 15.2 Å². The minimum Gasteiger partial charge on any atom is -0.479 e. The van der Waals surface area contributed by atoms with E-state index in [1.165, 1.54) is 18.4 Å². The molecule has 0 saturated heterocycles. The van der Waals surface area contributed by atoms with Crippen molar-refractivity contribution in [3.05, 3.63) is 22.4 Å². The van der Waals surface area contributed by atoms with Crippen molar-refractivity contribution in [1.29, 1.82) is 0 Å². The SMILES string of the molecule is COC(C)C(=O)NC(C(=O)O)c1cccs1. The summed E-state index contributed by atoms with van der Waals surface area (Å²) in [6.45, 7) is 1.56. The number of carbonyl (C=O) groups excluding carboxylic acids is 1. The van der Waals surface area contributed by atoms with Gasteiger partial charge in [-0.1, -0.05) is 6.07 Å². The summed E-state index contributed by atoms with van der Waals surface area (Å²) in [5.74, 6) is -1.53. The lowest BCUT2D eigenvalue weighted by Crippen LogP contribution is -2.39. The summed E-state index contributed by atoms with van der Waals surface area (Å²) < 4.78 is 4.81. The molecule has 0 spiro atoms. The van der Waals surface area contributed by atoms with Crippen molar-refractivity contribution in [2.75, 3.05) is 7.11 Å². The van der Waals surface area contributed by atoms with Gasteiger partial charge in [-0.15, -0.1) is 11.3 Å². The minimum atomic E-state index is -1.08. The monoisotopic (exact) mass is 243 g/mol. The van der Waals surface area contributed by atoms with Gasteiger partial charge in [0.1, 0.15) is 6.10 Å². The van der Waals surface area contributed by atoms with Gasteiger partial charge in [0.2, 0.25) is 5.91 Å². The fourth-order valence-electron chi connectivity index (χ4n) is 1.08. The molecule has 6 heteroatoms. The van der Waals surface area contributed by atoms with Crippen molar-refractivity contribution < 1.29 is 19.4 Å². The molecule has 0 aliphatic carbocycles. The molecule has 2 N–H and O–H groups in total. The molecule has 1 aromatic rings. The van der Waals surface area contributed by atoms with Crippen LogP contribution in [0.25, 0.3) is 0 Å². The number of nitrogens with one attached hydrogen (secondary N) is 1. The molecule has 2 atom stereocenters. The lowest BCUT2D eigenvalue weighted by molar-refractivity contribution is -0.143. The van der Waals surface area contributed by atoms with E-state index in [1.807, 2.05) is 0 Å². The normalized spacial score (nSPS) is 14.1. The molecular weight excluding hydrogens is 230 g/mol. The predicted molar refractivity (Wildman–Crippen MR) is 59.3 cm³/mol. The number of carboxylic acids is 1. The second-order valence-corrected chi connectivity index (χ2v) is 4.15. The van der Waals surface area contributed by atoms with Gasteiger partial charge in [0.15, 0.2) is 6.04 Å². The summed E-state index contributed by atoms with van der Waals surface area (Å²) in [6.07, 6.45) is -0.665. The molecule has 0 radical (unpaired) electrons. The maximum atomic E-state index is 11.5. The molecule has 16 heavy (non-hydrogen) atoms. The van der Waals surface area contributed by atoms with Gasteiger partial charge in [0.25, 0.3) is 0 Å². The molecule has 5 nitrogen and oxygen atoms in total. The zero-order valence-electron chi connectivity index (χ0n) is 8.97. The Bertz CT molecular complexity index is 363. The molecule has 0 aliphatic heterocycles. The highest BCUT2D eigenvalue weighted by molar-refractivity contribution is 7.10. The van der Waals surface area contributed by atoms with E-state index in [0.717, 1.165) is 0 Å². The zero-order valence-corrected chi connectivity index (χ0v) is 9.78. The van der Waals surface area contributed by atoms with E-state index in [1.54, 1.807) is 24.4 Å². The highest BCUT2D eigenvalue weighted by Gasteiger charge is 2.25. The van der Waals surface area contributed by atoms with Crippen LogP contribution in [0.3, 0.4) is 0 Å². The fourth-order valence-corrected chi connectivity index (χ4v) is 1.84. The molecule has 88 valence electrons. The van der Waals surface area contributed by atoms with Crippen LogP contribution in [-0.4, -0.2) is 30.2 Å². The second kappa shape index (κ2) is 5.62. The maximum Gasteiger partial charge on any atom is 0.331 e. The molecule has 1 aromatic heterocycles. The highest BCUT2D eigenvalue weighted by atomic mass is 32.1. The number of thiophene rings is 1. The number of amides is 1. The number of rotatable bonds is 5. The van der Waals surface area contributed by atoms with Gasteiger partial charge in [-0.2, -0.15) is 0 Å². The average molecular weight is 243 g/mol. The minimum absolute atomic E-state index is 0.441. The Kier molecular flexibility index (Phi) is 4.45. The van der Waals surface area contributed by atoms with Crippen LogP contribution >= 0.6 is 11.3 Å². The first-order valence-electron chi connectivity index (χ1n) is 4.65. The maximum absolute atomic E-state index is 11.5. The van der Waals surface area contributed by atoms with Gasteiger partial charge >= 0.3 is 5.97 Å². The molecule has 1 amide bonds. The number of methoxy groups -OCH3 is 1. The third kappa shape index (κ3) is 3.04. The summed E-state index contributed by atoms with van der Waals surface area (Å²) in [5.41, 5.74) is 0. The molecule has 0 bridgehead atoms. The van der Waals surface area contributed by atoms with E-state index in [0.29, 0.717) is 4.88 Å². The molecular formula is C10H13NO4S. The molecule has 2 unspecified atom stereocenters. The van der Waals surface area contributed by atoms with E-state index in [2.05, 4.69) is 5.32 Å². The topological polar surface area (TPSA) is 75.6 Å². The van der Waals surface area contributed by atoms with Crippen LogP contribution in [0, 0.1) is 0 Å². The van der Waals surface area contributed by atoms with Crippen molar-refractivity contribution in [2.45, 2.75) is 19.1 Å². The summed E-state index contributed by atoms with van der Waals surface area (Å²) in [7, 11) is 1.39. The predicted octanol–water partition coefficient (Wildman–Crippen LogP) is 1.02. The molecule has 1 heterocycles. The van der Waals surface area contributed by atoms with Crippen LogP contribution in [0.2, 0.25) is 0 Å². The summed E-state index contributed by atoms with van der Waals surface area (Å²) in [6, 6.07) is 2.40. The average Bonchev–Trinajstić information content (AvgIpc) is 2.76. The Balaban J connectivity index is 2.74. The van der Waals surface area contributed by atoms with Gasteiger partial charge in [0, 0.05) is 12.0 Å². The fraction of sp³-hybridized carbons (Fsp3) is 0.400. The quantitative estimate of drug-likeness (QED) is 0.809. The van der Waals surface area contributed by atoms with E-state index < -0.39 is 24.0 Å². The molecule has 0 saturated carbocycles. The lowest BCUT2D eigenvalue weighted by atomic mass is 10.2. The van der Waals surface area contributed by atoms with Gasteiger partial charge in [0.05, 0.1) is 0 Å². The standard InChI is InChI=1S/C10H13NO4S/c1-6(15-2)9(12)11-8(10(13)14)7-4-3-5-16-7/h3-6,8H,1-2H3,(H,11,12)(H,13,14). The van der Waals surface area contributed by atoms with Crippen molar-refractivity contribution in [3.63, 3.8) is 0 Å². The van der Waals surface area contributed by atoms with Crippen LogP contribution in [0.5, 0.6) is 0 Å². The number of carbonyl (C=O) groups is 2. The van der Waals surface area contributed by atoms with E-state index in [4.69, 9.17) is 9.84 Å². The number of aliphatic carboxylic acids is 1. The first-order valence-corrected chi connectivity index (χ1v) is 5.53. The Morgan fingerprint density at radius 3 is 2.69 bits per heavy atom. The van der Waals surface area contributed by atoms with Gasteiger partial charge in [-0.3, -0.25) is 4.79 Å². The second-order valence-electron chi connectivity index (χ2n) is 3.17. The van der Waals surface area contributed by atoms with Gasteiger partial charge in [-0.25, -0.2) is 4.79 Å². The van der Waals surface area contributed by atoms with E-state index >= 15 is 0 Å². The number of ether oxygens (including phenoxy) is 1. The van der Waals surface area contributed by atoms with Gasteiger partial charge in [-0.05, 0) is 18.4 Å². The van der Waals surface area contributed by atoms with Crippen LogP contribution in [0.4, 0.5) is 0 Å². The summed E-state index contributed by atoms with van der Waals surface area (Å²) in [5, 5.41) is 13.2. The van der Waals surface area contributed by atoms with Crippen LogP contribution in [-0.2, 0) is 14.3 Å². The van der Waals surface area contributed by atoms with E-state index in [9.17, 15) is 9.59 Å². The number of hydrogen-bond donors (Lipinski definition) is 2. The third-order valence-electron chi connectivity index (χ3n) is 2.08. The summed E-state index contributed by atoms with van der Waals surface area (Å²) >= 11 is 1.28. The Hall–Kier alpha value is -1.40. The van der Waals surface area contributed by atoms with Crippen LogP contribution in [0.1, 0.15) is 17.8 Å². The molecule has 0 aromatic carbocycles. The first-order chi connectivity index (χ1) is 7.56. The van der Waals surface area contributed by atoms with Crippen LogP contribution in [0.15, 0.2) is 17.5 Å². The summed E-state index contributed by atoms with van der Waals surface area (Å²) in [4.78, 5) is 23.1. The Morgan fingerprint density at radius 1 is 1.56 bits per heavy atom. The number of hydrogen-bond acceptors (Lipinski definition) is 4. The smallest absolute Gasteiger partial charge is 0.331 e. The number of carboxylic acid groups (broad SMARTS) is 1. The van der Waals surface area contributed by atoms with Crippen molar-refractivity contribution in [2.24, 2.45) is 0 Å². The first kappa shape index (κ1) is 12.7.